The minimum absolute atomic E-state index is 0.0609. The number of phenols is 1. The summed E-state index contributed by atoms with van der Waals surface area (Å²) in [6, 6.07) is 1.35. The van der Waals surface area contributed by atoms with Crippen LogP contribution in [-0.2, 0) is 46.4 Å². The summed E-state index contributed by atoms with van der Waals surface area (Å²) in [7, 11) is 0. The fraction of sp³-hybridized carbons (Fsp3) is 0.486. The Labute approximate surface area is 350 Å². The predicted octanol–water partition coefficient (Wildman–Crippen LogP) is -3.91. The van der Waals surface area contributed by atoms with Crippen LogP contribution in [0, 0.1) is 10.1 Å². The van der Waals surface area contributed by atoms with Crippen molar-refractivity contribution in [2.45, 2.75) is 88.5 Å². The van der Waals surface area contributed by atoms with Gasteiger partial charge in [-0.15, -0.1) is 0 Å². The maximum atomic E-state index is 14.0. The number of nitrogens with zero attached hydrogens (tertiary/aromatic N) is 3. The molecule has 0 bridgehead atoms. The minimum atomic E-state index is -1.54. The number of nitrogens with two attached hydrogens (primary N) is 4. The highest BCUT2D eigenvalue weighted by molar-refractivity contribution is 5.96. The van der Waals surface area contributed by atoms with Gasteiger partial charge in [-0.2, -0.15) is 0 Å². The number of carbonyl (C=O) groups is 7. The third kappa shape index (κ3) is 18.7. The number of nitro groups is 1. The molecule has 61 heavy (non-hydrogen) atoms. The molecule has 334 valence electrons. The van der Waals surface area contributed by atoms with Crippen molar-refractivity contribution in [1.29, 1.82) is 0 Å². The van der Waals surface area contributed by atoms with Crippen LogP contribution in [0.5, 0.6) is 5.75 Å². The number of unbranched alkanes of at least 4 members (excludes halogenated alkanes) is 2. The van der Waals surface area contributed by atoms with Crippen LogP contribution < -0.4 is 54.8 Å². The maximum Gasteiger partial charge on any atom is 0.310 e. The van der Waals surface area contributed by atoms with Gasteiger partial charge in [0.05, 0.1) is 18.1 Å². The molecule has 16 N–H and O–H groups in total. The van der Waals surface area contributed by atoms with E-state index in [0.29, 0.717) is 37.9 Å². The number of primary amides is 1. The fourth-order valence-corrected chi connectivity index (χ4v) is 5.73. The number of hydrogen-bond donors (Lipinski definition) is 12. The van der Waals surface area contributed by atoms with Gasteiger partial charge in [-0.3, -0.25) is 53.7 Å². The zero-order valence-electron chi connectivity index (χ0n) is 33.6. The van der Waals surface area contributed by atoms with Crippen LogP contribution >= 0.6 is 0 Å². The van der Waals surface area contributed by atoms with Gasteiger partial charge < -0.3 is 65.0 Å². The molecular weight excluding hydrogens is 802 g/mol. The van der Waals surface area contributed by atoms with Crippen LogP contribution in [0.15, 0.2) is 47.6 Å². The van der Waals surface area contributed by atoms with Crippen molar-refractivity contribution in [2.24, 2.45) is 27.9 Å². The van der Waals surface area contributed by atoms with Crippen molar-refractivity contribution in [3.05, 3.63) is 64.0 Å². The molecule has 0 aliphatic rings. The van der Waals surface area contributed by atoms with Crippen LogP contribution in [0.1, 0.15) is 56.7 Å². The number of aliphatic hydroxyl groups excluding tert-OH is 1. The molecule has 5 atom stereocenters. The lowest BCUT2D eigenvalue weighted by atomic mass is 10.0. The molecule has 0 spiro atoms. The zero-order chi connectivity index (χ0) is 45.5. The van der Waals surface area contributed by atoms with E-state index in [1.54, 1.807) is 18.2 Å². The van der Waals surface area contributed by atoms with Gasteiger partial charge in [0.15, 0.2) is 11.7 Å². The number of hydrogen-bond acceptors (Lipinski definition) is 14. The fourth-order valence-electron chi connectivity index (χ4n) is 5.73. The number of aromatic nitrogens is 1. The molecule has 1 aromatic heterocycles. The number of phenolic OH excluding ortho intramolecular Hbond substituents is 1. The summed E-state index contributed by atoms with van der Waals surface area (Å²) < 4.78 is 0. The molecule has 0 saturated carbocycles. The molecule has 0 aliphatic carbocycles. The normalized spacial score (nSPS) is 13.2. The molecule has 0 fully saturated rings. The molecule has 2 aromatic rings. The summed E-state index contributed by atoms with van der Waals surface area (Å²) in [6.07, 6.45) is 2.62. The Kier molecular flexibility index (Phi) is 21.6. The Hall–Kier alpha value is -6.95. The lowest BCUT2D eigenvalue weighted by Crippen LogP contribution is -2.58. The molecule has 1 heterocycles. The number of aromatic hydroxyl groups is 1. The zero-order valence-corrected chi connectivity index (χ0v) is 33.6. The molecule has 0 saturated heterocycles. The van der Waals surface area contributed by atoms with Gasteiger partial charge in [0.25, 0.3) is 0 Å². The van der Waals surface area contributed by atoms with Crippen LogP contribution in [-0.4, -0.2) is 124 Å². The molecule has 0 radical (unpaired) electrons. The van der Waals surface area contributed by atoms with Crippen LogP contribution in [0.2, 0.25) is 0 Å². The average Bonchev–Trinajstić information content (AvgIpc) is 3.20. The van der Waals surface area contributed by atoms with E-state index in [1.165, 1.54) is 12.3 Å². The summed E-state index contributed by atoms with van der Waals surface area (Å²) in [5, 5.41) is 45.8. The van der Waals surface area contributed by atoms with Gasteiger partial charge in [-0.05, 0) is 68.8 Å². The van der Waals surface area contributed by atoms with Gasteiger partial charge in [0, 0.05) is 44.3 Å². The van der Waals surface area contributed by atoms with Crippen LogP contribution in [0.25, 0.3) is 0 Å². The van der Waals surface area contributed by atoms with Crippen molar-refractivity contribution in [2.75, 3.05) is 26.2 Å². The third-order valence-electron chi connectivity index (χ3n) is 8.84. The van der Waals surface area contributed by atoms with Crippen molar-refractivity contribution < 1.29 is 48.7 Å². The van der Waals surface area contributed by atoms with Gasteiger partial charge in [-0.25, -0.2) is 0 Å². The first-order chi connectivity index (χ1) is 28.9. The smallest absolute Gasteiger partial charge is 0.310 e. The predicted molar refractivity (Wildman–Crippen MR) is 218 cm³/mol. The summed E-state index contributed by atoms with van der Waals surface area (Å²) in [5.41, 5.74) is 21.6. The van der Waals surface area contributed by atoms with E-state index in [0.717, 1.165) is 19.1 Å². The Morgan fingerprint density at radius 3 is 2.00 bits per heavy atom. The number of nitro benzene ring substituents is 1. The number of aliphatic hydroxyl groups is 1. The Balaban J connectivity index is 2.36. The third-order valence-corrected chi connectivity index (χ3v) is 8.84. The van der Waals surface area contributed by atoms with Gasteiger partial charge >= 0.3 is 5.69 Å². The number of guanidine groups is 1. The second-order valence-electron chi connectivity index (χ2n) is 13.8. The molecule has 24 nitrogen and oxygen atoms in total. The van der Waals surface area contributed by atoms with Crippen molar-refractivity contribution in [3.8, 4) is 5.75 Å². The SMILES string of the molecule is CC(=O)N[C@@H](CO)C(=O)N[C@@H](CCCCN)C(=O)NCC(=O)N[C@@H](Cc1ccccn1)C(=O)N[C@@H](Cc1ccc(O)c([N+](=O)[O-])c1)C(=O)N[C@@H](CCCCN=C(N)N)C(N)=O. The highest BCUT2D eigenvalue weighted by atomic mass is 16.6. The number of rotatable bonds is 27. The number of aliphatic imine (C=N–C) groups is 1. The first-order valence-electron chi connectivity index (χ1n) is 19.2. The number of amides is 7. The minimum Gasteiger partial charge on any atom is -0.502 e. The largest absolute Gasteiger partial charge is 0.502 e. The van der Waals surface area contributed by atoms with Gasteiger partial charge in [0.1, 0.15) is 30.2 Å². The molecular formula is C37H55N13O11. The summed E-state index contributed by atoms with van der Waals surface area (Å²) in [6.45, 7) is 0.218. The topological polar surface area (TPSA) is 405 Å². The highest BCUT2D eigenvalue weighted by Crippen LogP contribution is 2.27. The van der Waals surface area contributed by atoms with Crippen LogP contribution in [0.3, 0.4) is 0 Å². The van der Waals surface area contributed by atoms with Gasteiger partial charge in [-0.1, -0.05) is 12.1 Å². The van der Waals surface area contributed by atoms with Crippen molar-refractivity contribution in [3.63, 3.8) is 0 Å². The molecule has 1 aromatic carbocycles. The van der Waals surface area contributed by atoms with Crippen LogP contribution in [0.4, 0.5) is 5.69 Å². The molecule has 7 amide bonds. The van der Waals surface area contributed by atoms with E-state index in [9.17, 15) is 53.9 Å². The maximum absolute atomic E-state index is 14.0. The molecule has 2 rings (SSSR count). The Bertz CT molecular complexity index is 1860. The monoisotopic (exact) mass is 857 g/mol. The first kappa shape index (κ1) is 50.2. The second-order valence-corrected chi connectivity index (χ2v) is 13.8. The van der Waals surface area contributed by atoms with Gasteiger partial charge in [0.2, 0.25) is 41.4 Å². The molecule has 24 heteroatoms. The lowest BCUT2D eigenvalue weighted by molar-refractivity contribution is -0.385. The number of benzene rings is 1. The summed E-state index contributed by atoms with van der Waals surface area (Å²) in [4.78, 5) is 110. The standard InChI is InChI=1S/C37H55N13O11/c1-21(52)45-28(20-51)36(59)48-25(10-2-5-13-38)33(56)44-19-31(54)46-27(18-23-8-3-6-14-42-23)35(58)49-26(16-22-11-12-30(53)29(17-22)50(60)61)34(57)47-24(32(39)55)9-4-7-15-43-37(40)41/h3,6,8,11-12,14,17,24-28,51,53H,2,4-5,7,9-10,13,15-16,18-20,38H2,1H3,(H2,39,55)(H,44,56)(H,45,52)(H,46,54)(H,47,57)(H,48,59)(H,49,58)(H4,40,41,43)/t24-,25-,26-,27-,28-/m0/s1. The first-order valence-corrected chi connectivity index (χ1v) is 19.2. The molecule has 0 aliphatic heterocycles. The highest BCUT2D eigenvalue weighted by Gasteiger charge is 2.31. The Morgan fingerprint density at radius 1 is 0.787 bits per heavy atom. The number of carbonyl (C=O) groups excluding carboxylic acids is 7. The van der Waals surface area contributed by atoms with Crippen molar-refractivity contribution in [1.82, 2.24) is 36.9 Å². The lowest BCUT2D eigenvalue weighted by Gasteiger charge is -2.25. The van der Waals surface area contributed by atoms with E-state index in [2.05, 4.69) is 41.9 Å². The van der Waals surface area contributed by atoms with E-state index in [1.807, 2.05) is 0 Å². The second kappa shape index (κ2) is 26.2. The van der Waals surface area contributed by atoms with E-state index in [4.69, 9.17) is 22.9 Å². The number of nitrogens with one attached hydrogen (secondary N) is 6. The van der Waals surface area contributed by atoms with E-state index < -0.39 is 107 Å². The van der Waals surface area contributed by atoms with E-state index >= 15 is 0 Å². The molecule has 0 unspecified atom stereocenters. The number of pyridine rings is 1. The average molecular weight is 858 g/mol. The Morgan fingerprint density at radius 2 is 1.41 bits per heavy atom. The van der Waals surface area contributed by atoms with Crippen molar-refractivity contribution >= 4 is 53.0 Å². The summed E-state index contributed by atoms with van der Waals surface area (Å²) in [5.74, 6) is -6.67. The van der Waals surface area contributed by atoms with E-state index in [-0.39, 0.29) is 37.3 Å². The quantitative estimate of drug-likeness (QED) is 0.0134. The summed E-state index contributed by atoms with van der Waals surface area (Å²) >= 11 is 0.